The fourth-order valence-corrected chi connectivity index (χ4v) is 2.99. The number of ether oxygens (including phenoxy) is 1. The molecule has 3 rings (SSSR count). The number of benzene rings is 1. The molecule has 1 aromatic rings. The lowest BCUT2D eigenvalue weighted by atomic mass is 10.1. The van der Waals surface area contributed by atoms with E-state index in [2.05, 4.69) is 5.32 Å². The van der Waals surface area contributed by atoms with E-state index in [0.29, 0.717) is 32.8 Å². The van der Waals surface area contributed by atoms with Crippen molar-refractivity contribution in [2.24, 2.45) is 0 Å². The van der Waals surface area contributed by atoms with Crippen LogP contribution in [-0.2, 0) is 16.0 Å². The van der Waals surface area contributed by atoms with Crippen molar-refractivity contribution in [2.45, 2.75) is 19.4 Å². The number of hydrogen-bond donors (Lipinski definition) is 1. The summed E-state index contributed by atoms with van der Waals surface area (Å²) in [7, 11) is 0. The topological polar surface area (TPSA) is 61.9 Å². The predicted octanol–water partition coefficient (Wildman–Crippen LogP) is 1.32. The molecule has 0 saturated carbocycles. The standard InChI is InChI=1S/C16H21N3O3/c1-2-22-16(21)19-9-7-18(8-10-19)15(20)14-11-12-5-3-4-6-13(12)17-14/h3-6,14,17H,2,7-11H2,1H3. The molecule has 118 valence electrons. The fraction of sp³-hybridized carbons (Fsp3) is 0.500. The average Bonchev–Trinajstić information content (AvgIpc) is 2.98. The summed E-state index contributed by atoms with van der Waals surface area (Å²) in [5.41, 5.74) is 2.23. The summed E-state index contributed by atoms with van der Waals surface area (Å²) in [4.78, 5) is 27.8. The van der Waals surface area contributed by atoms with Crippen LogP contribution in [0.3, 0.4) is 0 Å². The summed E-state index contributed by atoms with van der Waals surface area (Å²) in [5, 5.41) is 3.29. The van der Waals surface area contributed by atoms with E-state index >= 15 is 0 Å². The summed E-state index contributed by atoms with van der Waals surface area (Å²) in [5.74, 6) is 0.111. The molecule has 0 bridgehead atoms. The van der Waals surface area contributed by atoms with Gasteiger partial charge in [-0.2, -0.15) is 0 Å². The van der Waals surface area contributed by atoms with E-state index in [1.165, 1.54) is 5.56 Å². The Morgan fingerprint density at radius 1 is 1.18 bits per heavy atom. The van der Waals surface area contributed by atoms with Crippen LogP contribution in [0.1, 0.15) is 12.5 Å². The highest BCUT2D eigenvalue weighted by Gasteiger charge is 2.32. The molecule has 2 aliphatic rings. The monoisotopic (exact) mass is 303 g/mol. The maximum absolute atomic E-state index is 12.6. The number of anilines is 1. The zero-order chi connectivity index (χ0) is 15.5. The number of carbonyl (C=O) groups excluding carboxylic acids is 2. The van der Waals surface area contributed by atoms with Gasteiger partial charge in [0.1, 0.15) is 6.04 Å². The molecule has 0 aliphatic carbocycles. The highest BCUT2D eigenvalue weighted by molar-refractivity contribution is 5.87. The Labute approximate surface area is 130 Å². The quantitative estimate of drug-likeness (QED) is 0.895. The van der Waals surface area contributed by atoms with Gasteiger partial charge >= 0.3 is 6.09 Å². The van der Waals surface area contributed by atoms with Crippen molar-refractivity contribution in [1.29, 1.82) is 0 Å². The predicted molar refractivity (Wildman–Crippen MR) is 82.7 cm³/mol. The van der Waals surface area contributed by atoms with Gasteiger partial charge in [-0.1, -0.05) is 18.2 Å². The van der Waals surface area contributed by atoms with Crippen LogP contribution in [0, 0.1) is 0 Å². The molecule has 6 nitrogen and oxygen atoms in total. The van der Waals surface area contributed by atoms with Gasteiger partial charge in [0.25, 0.3) is 0 Å². The number of amides is 2. The van der Waals surface area contributed by atoms with Gasteiger partial charge in [-0.05, 0) is 18.6 Å². The van der Waals surface area contributed by atoms with Crippen LogP contribution in [0.5, 0.6) is 0 Å². The lowest BCUT2D eigenvalue weighted by Gasteiger charge is -2.35. The summed E-state index contributed by atoms with van der Waals surface area (Å²) in [6, 6.07) is 7.82. The normalized spacial score (nSPS) is 20.3. The van der Waals surface area contributed by atoms with Crippen molar-refractivity contribution >= 4 is 17.7 Å². The Bertz CT molecular complexity index is 543. The van der Waals surface area contributed by atoms with Crippen LogP contribution < -0.4 is 5.32 Å². The van der Waals surface area contributed by atoms with Crippen LogP contribution >= 0.6 is 0 Å². The van der Waals surface area contributed by atoms with Crippen molar-refractivity contribution in [3.8, 4) is 0 Å². The van der Waals surface area contributed by atoms with Crippen molar-refractivity contribution in [2.75, 3.05) is 38.1 Å². The van der Waals surface area contributed by atoms with Crippen molar-refractivity contribution in [3.63, 3.8) is 0 Å². The van der Waals surface area contributed by atoms with Crippen LogP contribution in [0.4, 0.5) is 10.5 Å². The van der Waals surface area contributed by atoms with E-state index in [9.17, 15) is 9.59 Å². The van der Waals surface area contributed by atoms with Gasteiger partial charge in [0, 0.05) is 38.3 Å². The summed E-state index contributed by atoms with van der Waals surface area (Å²) in [6.07, 6.45) is 0.439. The number of hydrogen-bond acceptors (Lipinski definition) is 4. The average molecular weight is 303 g/mol. The first-order chi connectivity index (χ1) is 10.7. The first-order valence-electron chi connectivity index (χ1n) is 7.74. The molecule has 2 heterocycles. The largest absolute Gasteiger partial charge is 0.450 e. The number of nitrogens with one attached hydrogen (secondary N) is 1. The van der Waals surface area contributed by atoms with E-state index in [1.807, 2.05) is 29.2 Å². The highest BCUT2D eigenvalue weighted by atomic mass is 16.6. The van der Waals surface area contributed by atoms with Crippen molar-refractivity contribution in [1.82, 2.24) is 9.80 Å². The smallest absolute Gasteiger partial charge is 0.409 e. The number of fused-ring (bicyclic) bond motifs is 1. The van der Waals surface area contributed by atoms with E-state index in [0.717, 1.165) is 12.1 Å². The minimum Gasteiger partial charge on any atom is -0.450 e. The number of nitrogens with zero attached hydrogens (tertiary/aromatic N) is 2. The summed E-state index contributed by atoms with van der Waals surface area (Å²) in [6.45, 7) is 4.36. The zero-order valence-electron chi connectivity index (χ0n) is 12.7. The number of carbonyl (C=O) groups is 2. The molecule has 0 radical (unpaired) electrons. The van der Waals surface area contributed by atoms with Gasteiger partial charge in [-0.15, -0.1) is 0 Å². The lowest BCUT2D eigenvalue weighted by molar-refractivity contribution is -0.133. The van der Waals surface area contributed by atoms with E-state index < -0.39 is 0 Å². The molecule has 1 unspecified atom stereocenters. The Balaban J connectivity index is 1.54. The molecule has 1 fully saturated rings. The molecule has 2 amide bonds. The van der Waals surface area contributed by atoms with Gasteiger partial charge in [0.15, 0.2) is 0 Å². The number of para-hydroxylation sites is 1. The third-order valence-corrected chi connectivity index (χ3v) is 4.19. The van der Waals surface area contributed by atoms with Gasteiger partial charge in [0.2, 0.25) is 5.91 Å². The van der Waals surface area contributed by atoms with Crippen LogP contribution in [0.2, 0.25) is 0 Å². The molecular formula is C16H21N3O3. The maximum atomic E-state index is 12.6. The second-order valence-electron chi connectivity index (χ2n) is 5.57. The second kappa shape index (κ2) is 6.25. The third-order valence-electron chi connectivity index (χ3n) is 4.19. The fourth-order valence-electron chi connectivity index (χ4n) is 2.99. The summed E-state index contributed by atoms with van der Waals surface area (Å²) < 4.78 is 4.99. The Morgan fingerprint density at radius 3 is 2.55 bits per heavy atom. The van der Waals surface area contributed by atoms with Gasteiger partial charge < -0.3 is 19.9 Å². The molecule has 22 heavy (non-hydrogen) atoms. The zero-order valence-corrected chi connectivity index (χ0v) is 12.7. The molecule has 1 aromatic carbocycles. The van der Waals surface area contributed by atoms with Crippen LogP contribution in [0.15, 0.2) is 24.3 Å². The van der Waals surface area contributed by atoms with Gasteiger partial charge in [0.05, 0.1) is 6.61 Å². The first-order valence-corrected chi connectivity index (χ1v) is 7.74. The van der Waals surface area contributed by atoms with Gasteiger partial charge in [-0.3, -0.25) is 4.79 Å². The van der Waals surface area contributed by atoms with Crippen LogP contribution in [0.25, 0.3) is 0 Å². The molecule has 6 heteroatoms. The van der Waals surface area contributed by atoms with E-state index in [1.54, 1.807) is 11.8 Å². The first kappa shape index (κ1) is 14.7. The SMILES string of the molecule is CCOC(=O)N1CCN(C(=O)C2Cc3ccccc3N2)CC1. The molecular weight excluding hydrogens is 282 g/mol. The van der Waals surface area contributed by atoms with Crippen molar-refractivity contribution < 1.29 is 14.3 Å². The second-order valence-corrected chi connectivity index (χ2v) is 5.57. The Hall–Kier alpha value is -2.24. The molecule has 2 aliphatic heterocycles. The van der Waals surface area contributed by atoms with E-state index in [-0.39, 0.29) is 18.0 Å². The number of piperazine rings is 1. The molecule has 1 N–H and O–H groups in total. The molecule has 1 atom stereocenters. The molecule has 1 saturated heterocycles. The number of rotatable bonds is 2. The Morgan fingerprint density at radius 2 is 1.86 bits per heavy atom. The molecule has 0 aromatic heterocycles. The maximum Gasteiger partial charge on any atom is 0.409 e. The molecule has 0 spiro atoms. The lowest BCUT2D eigenvalue weighted by Crippen LogP contribution is -2.53. The summed E-state index contributed by atoms with van der Waals surface area (Å²) >= 11 is 0. The van der Waals surface area contributed by atoms with Crippen molar-refractivity contribution in [3.05, 3.63) is 29.8 Å². The minimum absolute atomic E-state index is 0.111. The minimum atomic E-state index is -0.291. The third kappa shape index (κ3) is 2.86. The van der Waals surface area contributed by atoms with Gasteiger partial charge in [-0.25, -0.2) is 4.79 Å². The van der Waals surface area contributed by atoms with E-state index in [4.69, 9.17) is 4.74 Å². The van der Waals surface area contributed by atoms with Crippen LogP contribution in [-0.4, -0.2) is 60.6 Å². The Kier molecular flexibility index (Phi) is 4.18. The highest BCUT2D eigenvalue weighted by Crippen LogP contribution is 2.26.